The molecular weight excluding hydrogens is 509 g/mol. The summed E-state index contributed by atoms with van der Waals surface area (Å²) in [5.74, 6) is -0.481. The molecule has 3 aromatic carbocycles. The van der Waals surface area contributed by atoms with E-state index in [-0.39, 0.29) is 16.8 Å². The Balaban J connectivity index is 1.62. The van der Waals surface area contributed by atoms with Crippen molar-refractivity contribution < 1.29 is 18.3 Å². The van der Waals surface area contributed by atoms with Crippen LogP contribution in [0.5, 0.6) is 0 Å². The molecule has 5 rings (SSSR count). The monoisotopic (exact) mass is 545 g/mol. The number of carbonyl (C=O) groups is 1. The molecule has 8 heteroatoms. The van der Waals surface area contributed by atoms with Crippen molar-refractivity contribution in [1.82, 2.24) is 10.2 Å². The molecule has 1 aromatic heterocycles. The van der Waals surface area contributed by atoms with E-state index in [0.29, 0.717) is 42.8 Å². The Morgan fingerprint density at radius 2 is 1.67 bits per heavy atom. The van der Waals surface area contributed by atoms with Gasteiger partial charge in [-0.15, -0.1) is 0 Å². The van der Waals surface area contributed by atoms with Crippen LogP contribution in [0.15, 0.2) is 78.9 Å². The van der Waals surface area contributed by atoms with E-state index in [4.69, 9.17) is 9.16 Å². The Labute approximate surface area is 230 Å². The normalized spacial score (nSPS) is 18.3. The van der Waals surface area contributed by atoms with Gasteiger partial charge in [0.1, 0.15) is 5.82 Å². The van der Waals surface area contributed by atoms with E-state index in [2.05, 4.69) is 55.2 Å². The predicted molar refractivity (Wildman–Crippen MR) is 155 cm³/mol. The summed E-state index contributed by atoms with van der Waals surface area (Å²) in [6.45, 7) is 9.71. The molecule has 2 heterocycles. The maximum atomic E-state index is 14.9. The number of carbonyl (C=O) groups excluding carboxylic acids is 1. The zero-order valence-electron chi connectivity index (χ0n) is 23.0. The molecule has 1 N–H and O–H groups in total. The van der Waals surface area contributed by atoms with Crippen LogP contribution in [-0.4, -0.2) is 50.3 Å². The van der Waals surface area contributed by atoms with Crippen molar-refractivity contribution >= 4 is 41.4 Å². The summed E-state index contributed by atoms with van der Waals surface area (Å²) in [5.41, 5.74) is 0.641. The number of H-pyrrole nitrogens is 1. The van der Waals surface area contributed by atoms with Gasteiger partial charge in [0.2, 0.25) is 0 Å². The zero-order valence-corrected chi connectivity index (χ0v) is 24.0. The third-order valence-electron chi connectivity index (χ3n) is 7.71. The zero-order chi connectivity index (χ0) is 27.6. The van der Waals surface area contributed by atoms with E-state index < -0.39 is 20.3 Å². The topological polar surface area (TPSA) is 67.5 Å². The molecule has 0 amide bonds. The summed E-state index contributed by atoms with van der Waals surface area (Å²) in [4.78, 5) is 15.3. The van der Waals surface area contributed by atoms with Gasteiger partial charge < -0.3 is 14.1 Å². The molecule has 0 unspecified atom stereocenters. The molecule has 204 valence electrons. The summed E-state index contributed by atoms with van der Waals surface area (Å²) < 4.78 is 27.9. The van der Waals surface area contributed by atoms with E-state index in [0.717, 1.165) is 10.4 Å². The van der Waals surface area contributed by atoms with Crippen LogP contribution in [0.4, 0.5) is 10.2 Å². The van der Waals surface area contributed by atoms with Crippen LogP contribution in [0.1, 0.15) is 34.1 Å². The first-order valence-electron chi connectivity index (χ1n) is 13.6. The maximum Gasteiger partial charge on any atom is 0.311 e. The summed E-state index contributed by atoms with van der Waals surface area (Å²) in [6, 6.07) is 25.7. The van der Waals surface area contributed by atoms with E-state index in [1.54, 1.807) is 6.07 Å². The lowest BCUT2D eigenvalue weighted by molar-refractivity contribution is -0.152. The van der Waals surface area contributed by atoms with Gasteiger partial charge in [-0.05, 0) is 40.9 Å². The van der Waals surface area contributed by atoms with Gasteiger partial charge in [-0.3, -0.25) is 9.89 Å². The number of halogens is 1. The predicted octanol–water partition coefficient (Wildman–Crippen LogP) is 5.04. The van der Waals surface area contributed by atoms with Gasteiger partial charge in [0.05, 0.1) is 29.5 Å². The number of nitrogens with zero attached hydrogens (tertiary/aromatic N) is 2. The van der Waals surface area contributed by atoms with Gasteiger partial charge in [-0.1, -0.05) is 87.5 Å². The first-order valence-corrected chi connectivity index (χ1v) is 15.5. The molecule has 0 saturated carbocycles. The van der Waals surface area contributed by atoms with Crippen molar-refractivity contribution in [1.29, 1.82) is 0 Å². The highest BCUT2D eigenvalue weighted by molar-refractivity contribution is 6.99. The van der Waals surface area contributed by atoms with Crippen molar-refractivity contribution in [3.05, 3.63) is 84.7 Å². The number of hydrogen-bond acceptors (Lipinski definition) is 5. The molecule has 6 nitrogen and oxygen atoms in total. The standard InChI is InChI=1S/C31H36FN3O3Si/c1-5-37-30(36)24-19-20-35(29-28-25(32)17-12-18-26(28)33-34-29)21-27(24)38-39(31(2,3)4,22-13-8-6-9-14-22)23-15-10-7-11-16-23/h6-18,24,27H,5,19-21H2,1-4H3,(H,33,34)/t24-,27-/m1/s1. The fraction of sp³-hybridized carbons (Fsp3) is 0.355. The summed E-state index contributed by atoms with van der Waals surface area (Å²) in [7, 11) is -2.96. The Morgan fingerprint density at radius 3 is 2.26 bits per heavy atom. The molecule has 39 heavy (non-hydrogen) atoms. The first kappa shape index (κ1) is 27.1. The van der Waals surface area contributed by atoms with Gasteiger partial charge in [0.15, 0.2) is 5.82 Å². The second kappa shape index (κ2) is 10.9. The number of ether oxygens (including phenoxy) is 1. The lowest BCUT2D eigenvalue weighted by Crippen LogP contribution is -2.69. The van der Waals surface area contributed by atoms with Crippen molar-refractivity contribution in [2.24, 2.45) is 5.92 Å². The van der Waals surface area contributed by atoms with Crippen molar-refractivity contribution in [3.63, 3.8) is 0 Å². The third kappa shape index (κ3) is 4.99. The minimum Gasteiger partial charge on any atom is -0.466 e. The highest BCUT2D eigenvalue weighted by atomic mass is 28.4. The van der Waals surface area contributed by atoms with Crippen LogP contribution < -0.4 is 15.3 Å². The number of esters is 1. The fourth-order valence-corrected chi connectivity index (χ4v) is 10.6. The second-order valence-corrected chi connectivity index (χ2v) is 15.4. The molecule has 0 bridgehead atoms. The van der Waals surface area contributed by atoms with Crippen molar-refractivity contribution in [2.75, 3.05) is 24.6 Å². The number of aromatic amines is 1. The van der Waals surface area contributed by atoms with Gasteiger partial charge in [-0.25, -0.2) is 4.39 Å². The van der Waals surface area contributed by atoms with Crippen LogP contribution >= 0.6 is 0 Å². The number of rotatable bonds is 7. The van der Waals surface area contributed by atoms with Gasteiger partial charge in [-0.2, -0.15) is 5.10 Å². The highest BCUT2D eigenvalue weighted by Gasteiger charge is 2.53. The Kier molecular flexibility index (Phi) is 7.60. The SMILES string of the molecule is CCOC(=O)[C@@H]1CCN(c2n[nH]c3cccc(F)c23)C[C@H]1O[Si](c1ccccc1)(c1ccccc1)C(C)(C)C. The maximum absolute atomic E-state index is 14.9. The molecule has 2 atom stereocenters. The lowest BCUT2D eigenvalue weighted by atomic mass is 9.94. The largest absolute Gasteiger partial charge is 0.466 e. The molecule has 4 aromatic rings. The minimum absolute atomic E-state index is 0.252. The second-order valence-electron chi connectivity index (χ2n) is 11.1. The smallest absolute Gasteiger partial charge is 0.311 e. The Morgan fingerprint density at radius 1 is 1.03 bits per heavy atom. The quantitative estimate of drug-likeness (QED) is 0.260. The minimum atomic E-state index is -2.96. The third-order valence-corrected chi connectivity index (χ3v) is 12.8. The number of hydrogen-bond donors (Lipinski definition) is 1. The van der Waals surface area contributed by atoms with Crippen LogP contribution in [0, 0.1) is 11.7 Å². The van der Waals surface area contributed by atoms with Crippen LogP contribution in [-0.2, 0) is 14.0 Å². The van der Waals surface area contributed by atoms with Gasteiger partial charge in [0.25, 0.3) is 8.32 Å². The number of aromatic nitrogens is 2. The Bertz CT molecular complexity index is 1380. The van der Waals surface area contributed by atoms with Crippen LogP contribution in [0.25, 0.3) is 10.9 Å². The molecule has 1 aliphatic rings. The summed E-state index contributed by atoms with van der Waals surface area (Å²) in [6.07, 6.45) is 0.0347. The van der Waals surface area contributed by atoms with E-state index in [1.165, 1.54) is 6.07 Å². The number of nitrogens with one attached hydrogen (secondary N) is 1. The number of fused-ring (bicyclic) bond motifs is 1. The molecule has 1 saturated heterocycles. The average Bonchev–Trinajstić information content (AvgIpc) is 3.38. The molecule has 0 radical (unpaired) electrons. The molecule has 1 fully saturated rings. The van der Waals surface area contributed by atoms with E-state index in [1.807, 2.05) is 54.3 Å². The van der Waals surface area contributed by atoms with Crippen LogP contribution in [0.3, 0.4) is 0 Å². The molecule has 0 spiro atoms. The number of anilines is 1. The average molecular weight is 546 g/mol. The number of benzene rings is 3. The molecular formula is C31H36FN3O3Si. The lowest BCUT2D eigenvalue weighted by Gasteiger charge is -2.48. The first-order chi connectivity index (χ1) is 18.8. The van der Waals surface area contributed by atoms with Crippen molar-refractivity contribution in [2.45, 2.75) is 45.3 Å². The highest BCUT2D eigenvalue weighted by Crippen LogP contribution is 2.40. The summed E-state index contributed by atoms with van der Waals surface area (Å²) in [5, 5.41) is 9.92. The van der Waals surface area contributed by atoms with Crippen molar-refractivity contribution in [3.8, 4) is 0 Å². The fourth-order valence-electron chi connectivity index (χ4n) is 5.91. The van der Waals surface area contributed by atoms with Gasteiger partial charge >= 0.3 is 5.97 Å². The number of piperidine rings is 1. The van der Waals surface area contributed by atoms with Crippen LogP contribution in [0.2, 0.25) is 5.04 Å². The Hall–Kier alpha value is -3.49. The molecule has 0 aliphatic carbocycles. The van der Waals surface area contributed by atoms with E-state index in [9.17, 15) is 9.18 Å². The van der Waals surface area contributed by atoms with E-state index >= 15 is 0 Å². The van der Waals surface area contributed by atoms with Gasteiger partial charge in [0, 0.05) is 13.1 Å². The molecule has 1 aliphatic heterocycles. The summed E-state index contributed by atoms with van der Waals surface area (Å²) >= 11 is 0.